The van der Waals surface area contributed by atoms with Gasteiger partial charge in [0.15, 0.2) is 0 Å². The van der Waals surface area contributed by atoms with E-state index in [-0.39, 0.29) is 6.04 Å². The smallest absolute Gasteiger partial charge is 0.0992 e. The molecule has 0 radical (unpaired) electrons. The van der Waals surface area contributed by atoms with Crippen molar-refractivity contribution in [3.63, 3.8) is 0 Å². The predicted molar refractivity (Wildman–Crippen MR) is 61.8 cm³/mol. The van der Waals surface area contributed by atoms with Crippen LogP contribution in [0.5, 0.6) is 0 Å². The Morgan fingerprint density at radius 1 is 1.44 bits per heavy atom. The third-order valence-corrected chi connectivity index (χ3v) is 2.36. The first kappa shape index (κ1) is 10.2. The molecule has 0 saturated heterocycles. The number of hydrogen-bond acceptors (Lipinski definition) is 3. The van der Waals surface area contributed by atoms with Crippen molar-refractivity contribution in [1.82, 2.24) is 10.2 Å². The van der Waals surface area contributed by atoms with Crippen LogP contribution >= 0.6 is 0 Å². The van der Waals surface area contributed by atoms with Gasteiger partial charge >= 0.3 is 0 Å². The third kappa shape index (κ3) is 2.20. The van der Waals surface area contributed by atoms with E-state index in [9.17, 15) is 0 Å². The summed E-state index contributed by atoms with van der Waals surface area (Å²) in [6, 6.07) is 11.6. The van der Waals surface area contributed by atoms with Crippen molar-refractivity contribution in [2.45, 2.75) is 13.0 Å². The van der Waals surface area contributed by atoms with E-state index < -0.39 is 0 Å². The second-order valence-corrected chi connectivity index (χ2v) is 3.57. The van der Waals surface area contributed by atoms with Gasteiger partial charge in [-0.2, -0.15) is 10.4 Å². The number of aromatic amines is 1. The topological polar surface area (TPSA) is 64.5 Å². The number of anilines is 1. The van der Waals surface area contributed by atoms with Crippen molar-refractivity contribution in [3.05, 3.63) is 47.8 Å². The molecule has 0 saturated carbocycles. The van der Waals surface area contributed by atoms with Crippen LogP contribution in [0.4, 0.5) is 5.69 Å². The molecule has 2 rings (SSSR count). The highest BCUT2D eigenvalue weighted by atomic mass is 15.1. The maximum Gasteiger partial charge on any atom is 0.0992 e. The molecule has 2 N–H and O–H groups in total. The van der Waals surface area contributed by atoms with E-state index in [2.05, 4.69) is 21.6 Å². The highest BCUT2D eigenvalue weighted by Gasteiger charge is 2.06. The summed E-state index contributed by atoms with van der Waals surface area (Å²) in [5, 5.41) is 18.9. The molecule has 16 heavy (non-hydrogen) atoms. The standard InChI is InChI=1S/C12H12N4/c1-9(12-5-6-14-16-12)15-11-4-2-3-10(7-11)8-13/h2-7,9,15H,1H3,(H,14,16). The van der Waals surface area contributed by atoms with Gasteiger partial charge in [-0.15, -0.1) is 0 Å². The predicted octanol–water partition coefficient (Wildman–Crippen LogP) is 2.45. The summed E-state index contributed by atoms with van der Waals surface area (Å²) >= 11 is 0. The Morgan fingerprint density at radius 3 is 3.00 bits per heavy atom. The molecule has 0 amide bonds. The molecule has 1 aromatic heterocycles. The first-order chi connectivity index (χ1) is 7.79. The van der Waals surface area contributed by atoms with Crippen LogP contribution in [0.25, 0.3) is 0 Å². The molecule has 0 aliphatic heterocycles. The molecule has 0 aliphatic carbocycles. The lowest BCUT2D eigenvalue weighted by atomic mass is 10.2. The van der Waals surface area contributed by atoms with Gasteiger partial charge in [-0.3, -0.25) is 5.10 Å². The van der Waals surface area contributed by atoms with Crippen LogP contribution < -0.4 is 5.32 Å². The molecule has 1 heterocycles. The monoisotopic (exact) mass is 212 g/mol. The normalized spacial score (nSPS) is 11.8. The van der Waals surface area contributed by atoms with Gasteiger partial charge < -0.3 is 5.32 Å². The maximum absolute atomic E-state index is 8.79. The van der Waals surface area contributed by atoms with Crippen molar-refractivity contribution >= 4 is 5.69 Å². The van der Waals surface area contributed by atoms with Gasteiger partial charge in [0.1, 0.15) is 0 Å². The zero-order valence-corrected chi connectivity index (χ0v) is 8.94. The van der Waals surface area contributed by atoms with Crippen LogP contribution in [0.15, 0.2) is 36.5 Å². The molecule has 1 unspecified atom stereocenters. The van der Waals surface area contributed by atoms with E-state index in [1.807, 2.05) is 31.2 Å². The first-order valence-electron chi connectivity index (χ1n) is 5.05. The maximum atomic E-state index is 8.79. The van der Waals surface area contributed by atoms with Gasteiger partial charge in [-0.25, -0.2) is 0 Å². The SMILES string of the molecule is CC(Nc1cccc(C#N)c1)c1ccn[nH]1. The lowest BCUT2D eigenvalue weighted by molar-refractivity contribution is 0.825. The van der Waals surface area contributed by atoms with Crippen molar-refractivity contribution in [2.24, 2.45) is 0 Å². The first-order valence-corrected chi connectivity index (χ1v) is 5.05. The van der Waals surface area contributed by atoms with E-state index in [1.165, 1.54) is 0 Å². The highest BCUT2D eigenvalue weighted by Crippen LogP contribution is 2.17. The van der Waals surface area contributed by atoms with Gasteiger partial charge in [-0.1, -0.05) is 6.07 Å². The summed E-state index contributed by atoms with van der Waals surface area (Å²) in [5.41, 5.74) is 2.60. The summed E-state index contributed by atoms with van der Waals surface area (Å²) in [4.78, 5) is 0. The molecule has 4 heteroatoms. The summed E-state index contributed by atoms with van der Waals surface area (Å²) in [7, 11) is 0. The average Bonchev–Trinajstić information content (AvgIpc) is 2.83. The van der Waals surface area contributed by atoms with Gasteiger partial charge in [0, 0.05) is 11.9 Å². The van der Waals surface area contributed by atoms with Crippen LogP contribution in [0.1, 0.15) is 24.2 Å². The number of hydrogen-bond donors (Lipinski definition) is 2. The Balaban J connectivity index is 2.12. The molecule has 0 spiro atoms. The van der Waals surface area contributed by atoms with Crippen molar-refractivity contribution < 1.29 is 0 Å². The number of benzene rings is 1. The zero-order chi connectivity index (χ0) is 11.4. The van der Waals surface area contributed by atoms with Gasteiger partial charge in [-0.05, 0) is 31.2 Å². The molecule has 2 aromatic rings. The van der Waals surface area contributed by atoms with Gasteiger partial charge in [0.05, 0.1) is 23.4 Å². The van der Waals surface area contributed by atoms with Gasteiger partial charge in [0.2, 0.25) is 0 Å². The fourth-order valence-electron chi connectivity index (χ4n) is 1.51. The van der Waals surface area contributed by atoms with Crippen molar-refractivity contribution in [2.75, 3.05) is 5.32 Å². The molecular weight excluding hydrogens is 200 g/mol. The number of aromatic nitrogens is 2. The Labute approximate surface area is 93.9 Å². The molecule has 80 valence electrons. The van der Waals surface area contributed by atoms with Crippen LogP contribution in [-0.4, -0.2) is 10.2 Å². The van der Waals surface area contributed by atoms with Crippen LogP contribution in [0, 0.1) is 11.3 Å². The van der Waals surface area contributed by atoms with Crippen molar-refractivity contribution in [3.8, 4) is 6.07 Å². The fraction of sp³-hybridized carbons (Fsp3) is 0.167. The number of H-pyrrole nitrogens is 1. The summed E-state index contributed by atoms with van der Waals surface area (Å²) in [5.74, 6) is 0. The van der Waals surface area contributed by atoms with Crippen LogP contribution in [-0.2, 0) is 0 Å². The van der Waals surface area contributed by atoms with E-state index in [0.29, 0.717) is 5.56 Å². The highest BCUT2D eigenvalue weighted by molar-refractivity contribution is 5.50. The number of rotatable bonds is 3. The zero-order valence-electron chi connectivity index (χ0n) is 8.94. The molecular formula is C12H12N4. The summed E-state index contributed by atoms with van der Waals surface area (Å²) < 4.78 is 0. The Hall–Kier alpha value is -2.28. The molecule has 0 bridgehead atoms. The minimum Gasteiger partial charge on any atom is -0.377 e. The lowest BCUT2D eigenvalue weighted by Gasteiger charge is -2.13. The Kier molecular flexibility index (Phi) is 2.88. The number of nitrogens with zero attached hydrogens (tertiary/aromatic N) is 2. The second-order valence-electron chi connectivity index (χ2n) is 3.57. The number of nitrogens with one attached hydrogen (secondary N) is 2. The largest absolute Gasteiger partial charge is 0.377 e. The molecule has 4 nitrogen and oxygen atoms in total. The average molecular weight is 212 g/mol. The summed E-state index contributed by atoms with van der Waals surface area (Å²) in [6.07, 6.45) is 1.72. The number of nitriles is 1. The van der Waals surface area contributed by atoms with E-state index in [1.54, 1.807) is 12.3 Å². The molecule has 1 aromatic carbocycles. The van der Waals surface area contributed by atoms with Gasteiger partial charge in [0.25, 0.3) is 0 Å². The third-order valence-electron chi connectivity index (χ3n) is 2.36. The van der Waals surface area contributed by atoms with E-state index in [0.717, 1.165) is 11.4 Å². The quantitative estimate of drug-likeness (QED) is 0.821. The lowest BCUT2D eigenvalue weighted by Crippen LogP contribution is -2.07. The summed E-state index contributed by atoms with van der Waals surface area (Å²) in [6.45, 7) is 2.03. The van der Waals surface area contributed by atoms with Crippen LogP contribution in [0.3, 0.4) is 0 Å². The van der Waals surface area contributed by atoms with E-state index in [4.69, 9.17) is 5.26 Å². The molecule has 0 fully saturated rings. The van der Waals surface area contributed by atoms with E-state index >= 15 is 0 Å². The minimum atomic E-state index is 0.136. The minimum absolute atomic E-state index is 0.136. The Morgan fingerprint density at radius 2 is 2.31 bits per heavy atom. The second kappa shape index (κ2) is 4.49. The fourth-order valence-corrected chi connectivity index (χ4v) is 1.51. The van der Waals surface area contributed by atoms with Crippen LogP contribution in [0.2, 0.25) is 0 Å². The molecule has 0 aliphatic rings. The van der Waals surface area contributed by atoms with Crippen molar-refractivity contribution in [1.29, 1.82) is 5.26 Å². The Bertz CT molecular complexity index is 496. The molecule has 1 atom stereocenters.